The van der Waals surface area contributed by atoms with Crippen LogP contribution in [0.5, 0.6) is 0 Å². The Balaban J connectivity index is 2.20. The van der Waals surface area contributed by atoms with Crippen molar-refractivity contribution >= 4 is 5.78 Å². The second-order valence-electron chi connectivity index (χ2n) is 3.98. The molecule has 2 aromatic heterocycles. The maximum atomic E-state index is 12.1. The maximum Gasteiger partial charge on any atom is 0.172 e. The Labute approximate surface area is 100 Å². The van der Waals surface area contributed by atoms with Crippen LogP contribution in [0.15, 0.2) is 35.1 Å². The van der Waals surface area contributed by atoms with Crippen LogP contribution < -0.4 is 0 Å². The van der Waals surface area contributed by atoms with Crippen LogP contribution >= 0.6 is 0 Å². The zero-order valence-corrected chi connectivity index (χ0v) is 10.1. The molecule has 0 amide bonds. The number of carbonyl (C=O) groups excluding carboxylic acids is 1. The minimum absolute atomic E-state index is 0.0670. The molecule has 0 saturated carbocycles. The van der Waals surface area contributed by atoms with Gasteiger partial charge in [0.25, 0.3) is 0 Å². The Hall–Kier alpha value is -1.90. The van der Waals surface area contributed by atoms with Crippen molar-refractivity contribution in [3.8, 4) is 0 Å². The van der Waals surface area contributed by atoms with Crippen LogP contribution in [0, 0.1) is 6.92 Å². The zero-order valence-electron chi connectivity index (χ0n) is 10.1. The lowest BCUT2D eigenvalue weighted by Gasteiger charge is -2.03. The van der Waals surface area contributed by atoms with Crippen molar-refractivity contribution < 1.29 is 9.21 Å². The molecule has 0 aliphatic rings. The fourth-order valence-corrected chi connectivity index (χ4v) is 1.81. The summed E-state index contributed by atoms with van der Waals surface area (Å²) in [6, 6.07) is 5.57. The molecule has 0 radical (unpaired) electrons. The molecule has 0 N–H and O–H groups in total. The van der Waals surface area contributed by atoms with E-state index in [1.54, 1.807) is 18.5 Å². The molecular weight excluding hydrogens is 214 g/mol. The Kier molecular flexibility index (Phi) is 3.38. The summed E-state index contributed by atoms with van der Waals surface area (Å²) in [7, 11) is 0. The van der Waals surface area contributed by atoms with Crippen LogP contribution in [0.4, 0.5) is 0 Å². The van der Waals surface area contributed by atoms with Gasteiger partial charge in [0, 0.05) is 12.6 Å². The summed E-state index contributed by atoms with van der Waals surface area (Å²) >= 11 is 0. The molecule has 0 aromatic carbocycles. The smallest absolute Gasteiger partial charge is 0.172 e. The minimum Gasteiger partial charge on any atom is -0.469 e. The Morgan fingerprint density at radius 2 is 2.24 bits per heavy atom. The molecule has 2 heterocycles. The summed E-state index contributed by atoms with van der Waals surface area (Å²) in [6.07, 6.45) is 4.34. The highest BCUT2D eigenvalue weighted by Crippen LogP contribution is 2.15. The molecule has 0 aliphatic heterocycles. The van der Waals surface area contributed by atoms with E-state index in [0.717, 1.165) is 23.4 Å². The van der Waals surface area contributed by atoms with Crippen molar-refractivity contribution in [2.24, 2.45) is 0 Å². The molecule has 3 heteroatoms. The van der Waals surface area contributed by atoms with Gasteiger partial charge in [-0.3, -0.25) is 9.78 Å². The van der Waals surface area contributed by atoms with Crippen LogP contribution in [0.25, 0.3) is 0 Å². The number of nitrogens with zero attached hydrogens (tertiary/aromatic N) is 1. The first kappa shape index (κ1) is 11.6. The third-order valence-electron chi connectivity index (χ3n) is 2.81. The summed E-state index contributed by atoms with van der Waals surface area (Å²) < 4.78 is 5.26. The number of rotatable bonds is 4. The number of aryl methyl sites for hydroxylation is 2. The zero-order chi connectivity index (χ0) is 12.3. The standard InChI is InChI=1S/C14H15NO2/c1-3-14-11(6-8-17-14)13(16)9-12-10(2)5-4-7-15-12/h4-8H,3,9H2,1-2H3. The third-order valence-corrected chi connectivity index (χ3v) is 2.81. The molecule has 0 unspecified atom stereocenters. The van der Waals surface area contributed by atoms with Gasteiger partial charge in [0.15, 0.2) is 5.78 Å². The molecule has 0 bridgehead atoms. The highest BCUT2D eigenvalue weighted by atomic mass is 16.3. The van der Waals surface area contributed by atoms with E-state index in [4.69, 9.17) is 4.42 Å². The van der Waals surface area contributed by atoms with E-state index in [-0.39, 0.29) is 5.78 Å². The molecule has 2 aromatic rings. The second-order valence-corrected chi connectivity index (χ2v) is 3.98. The number of carbonyl (C=O) groups is 1. The lowest BCUT2D eigenvalue weighted by Crippen LogP contribution is -2.07. The lowest BCUT2D eigenvalue weighted by molar-refractivity contribution is 0.0990. The highest BCUT2D eigenvalue weighted by Gasteiger charge is 2.15. The van der Waals surface area contributed by atoms with E-state index in [1.165, 1.54) is 0 Å². The van der Waals surface area contributed by atoms with Gasteiger partial charge in [0.2, 0.25) is 0 Å². The van der Waals surface area contributed by atoms with E-state index in [2.05, 4.69) is 4.98 Å². The molecule has 0 saturated heterocycles. The first-order chi connectivity index (χ1) is 8.22. The lowest BCUT2D eigenvalue weighted by atomic mass is 10.0. The Morgan fingerprint density at radius 1 is 1.41 bits per heavy atom. The van der Waals surface area contributed by atoms with Gasteiger partial charge in [-0.15, -0.1) is 0 Å². The van der Waals surface area contributed by atoms with Gasteiger partial charge in [-0.05, 0) is 24.6 Å². The first-order valence-corrected chi connectivity index (χ1v) is 5.72. The van der Waals surface area contributed by atoms with Crippen LogP contribution in [0.2, 0.25) is 0 Å². The van der Waals surface area contributed by atoms with E-state index in [9.17, 15) is 4.79 Å². The normalized spacial score (nSPS) is 10.5. The fraction of sp³-hybridized carbons (Fsp3) is 0.286. The second kappa shape index (κ2) is 4.95. The van der Waals surface area contributed by atoms with Gasteiger partial charge in [0.05, 0.1) is 23.9 Å². The number of pyridine rings is 1. The topological polar surface area (TPSA) is 43.1 Å². The van der Waals surface area contributed by atoms with Gasteiger partial charge in [-0.2, -0.15) is 0 Å². The van der Waals surface area contributed by atoms with Gasteiger partial charge in [0.1, 0.15) is 5.76 Å². The number of hydrogen-bond acceptors (Lipinski definition) is 3. The molecule has 0 spiro atoms. The summed E-state index contributed by atoms with van der Waals surface area (Å²) in [6.45, 7) is 3.94. The molecule has 0 atom stereocenters. The quantitative estimate of drug-likeness (QED) is 0.757. The maximum absolute atomic E-state index is 12.1. The van der Waals surface area contributed by atoms with Crippen molar-refractivity contribution in [3.63, 3.8) is 0 Å². The van der Waals surface area contributed by atoms with Crippen molar-refractivity contribution in [1.29, 1.82) is 0 Å². The van der Waals surface area contributed by atoms with Crippen molar-refractivity contribution in [2.75, 3.05) is 0 Å². The fourth-order valence-electron chi connectivity index (χ4n) is 1.81. The van der Waals surface area contributed by atoms with E-state index in [1.807, 2.05) is 26.0 Å². The highest BCUT2D eigenvalue weighted by molar-refractivity contribution is 5.98. The molecule has 88 valence electrons. The van der Waals surface area contributed by atoms with Crippen molar-refractivity contribution in [2.45, 2.75) is 26.7 Å². The molecule has 3 nitrogen and oxygen atoms in total. The van der Waals surface area contributed by atoms with Crippen LogP contribution in [-0.2, 0) is 12.8 Å². The summed E-state index contributed by atoms with van der Waals surface area (Å²) in [5.41, 5.74) is 2.56. The van der Waals surface area contributed by atoms with E-state index in [0.29, 0.717) is 12.0 Å². The summed E-state index contributed by atoms with van der Waals surface area (Å²) in [5, 5.41) is 0. The van der Waals surface area contributed by atoms with Gasteiger partial charge in [-0.1, -0.05) is 13.0 Å². The Morgan fingerprint density at radius 3 is 2.94 bits per heavy atom. The molecule has 0 aliphatic carbocycles. The summed E-state index contributed by atoms with van der Waals surface area (Å²) in [4.78, 5) is 16.3. The van der Waals surface area contributed by atoms with Crippen molar-refractivity contribution in [1.82, 2.24) is 4.98 Å². The van der Waals surface area contributed by atoms with E-state index >= 15 is 0 Å². The predicted molar refractivity (Wildman–Crippen MR) is 65.1 cm³/mol. The number of hydrogen-bond donors (Lipinski definition) is 0. The molecular formula is C14H15NO2. The van der Waals surface area contributed by atoms with E-state index < -0.39 is 0 Å². The average molecular weight is 229 g/mol. The molecule has 2 rings (SSSR count). The number of Topliss-reactive ketones (excluding diaryl/α,β-unsaturated/α-hetero) is 1. The largest absolute Gasteiger partial charge is 0.469 e. The van der Waals surface area contributed by atoms with Gasteiger partial charge < -0.3 is 4.42 Å². The van der Waals surface area contributed by atoms with Gasteiger partial charge >= 0.3 is 0 Å². The summed E-state index contributed by atoms with van der Waals surface area (Å²) in [5.74, 6) is 0.820. The van der Waals surface area contributed by atoms with Gasteiger partial charge in [-0.25, -0.2) is 0 Å². The SMILES string of the molecule is CCc1occc1C(=O)Cc1ncccc1C. The number of ketones is 1. The van der Waals surface area contributed by atoms with Crippen molar-refractivity contribution in [3.05, 3.63) is 53.2 Å². The monoisotopic (exact) mass is 229 g/mol. The van der Waals surface area contributed by atoms with Crippen LogP contribution in [0.1, 0.15) is 34.3 Å². The molecule has 17 heavy (non-hydrogen) atoms. The first-order valence-electron chi connectivity index (χ1n) is 5.72. The average Bonchev–Trinajstić information content (AvgIpc) is 2.80. The Bertz CT molecular complexity index is 529. The minimum atomic E-state index is 0.0670. The third kappa shape index (κ3) is 2.44. The van der Waals surface area contributed by atoms with Crippen LogP contribution in [-0.4, -0.2) is 10.8 Å². The van der Waals surface area contributed by atoms with Crippen LogP contribution in [0.3, 0.4) is 0 Å². The number of aromatic nitrogens is 1. The molecule has 0 fully saturated rings. The number of furan rings is 1. The predicted octanol–water partition coefficient (Wildman–Crippen LogP) is 2.97.